The fourth-order valence-corrected chi connectivity index (χ4v) is 0. The predicted molar refractivity (Wildman–Crippen MR) is 3.61 cm³/mol. The molecule has 1 radical (unpaired) electrons. The maximum atomic E-state index is 0. The Hall–Kier alpha value is 3.58. The fraction of sp³-hybridized carbons (Fsp3) is 0. The van der Waals surface area contributed by atoms with E-state index in [9.17, 15) is 0 Å². The van der Waals surface area contributed by atoms with Gasteiger partial charge in [-0.2, -0.15) is 0 Å². The maximum absolute atomic E-state index is 0. The van der Waals surface area contributed by atoms with Gasteiger partial charge in [-0.1, -0.05) is 0 Å². The molecule has 0 aliphatic rings. The van der Waals surface area contributed by atoms with Crippen molar-refractivity contribution in [3.05, 3.63) is 0 Å². The third-order valence-corrected chi connectivity index (χ3v) is 0. The first-order valence-corrected chi connectivity index (χ1v) is 0. The molecule has 0 aliphatic heterocycles. The summed E-state index contributed by atoms with van der Waals surface area (Å²) in [6, 6.07) is 0. The summed E-state index contributed by atoms with van der Waals surface area (Å²) in [4.78, 5) is 0. The van der Waals surface area contributed by atoms with Crippen molar-refractivity contribution in [2.45, 2.75) is 0 Å². The molecule has 0 rings (SSSR count). The van der Waals surface area contributed by atoms with E-state index < -0.39 is 0 Å². The molecule has 0 amide bonds. The van der Waals surface area contributed by atoms with Gasteiger partial charge in [0.2, 0.25) is 0 Å². The molecule has 0 aromatic rings. The molecule has 0 aliphatic carbocycles. The van der Waals surface area contributed by atoms with Crippen LogP contribution >= 0.6 is 0 Å². The average Bonchev–Trinajstić information content (AvgIpc) is 0. The van der Waals surface area contributed by atoms with Crippen LogP contribution < -0.4 is 0 Å². The molecule has 0 spiro atoms. The van der Waals surface area contributed by atoms with Crippen LogP contribution in [0.3, 0.4) is 0 Å². The van der Waals surface area contributed by atoms with Gasteiger partial charge in [0.25, 0.3) is 0 Å². The second kappa shape index (κ2) is 16.0. The average molecular weight is 390 g/mol. The third-order valence-electron chi connectivity index (χ3n) is 0. The Bertz CT molecular complexity index is 8.00. The van der Waals surface area contributed by atoms with E-state index in [1.165, 1.54) is 0 Å². The van der Waals surface area contributed by atoms with Crippen molar-refractivity contribution >= 4 is 0 Å². The van der Waals surface area contributed by atoms with Gasteiger partial charge in [0.05, 0.1) is 0 Å². The van der Waals surface area contributed by atoms with Crippen LogP contribution in [0.25, 0.3) is 0 Å². The second-order valence-corrected chi connectivity index (χ2v) is 0. The molecule has 4 heteroatoms. The molecule has 1 nitrogen and oxygen atoms in total. The van der Waals surface area contributed by atoms with Gasteiger partial charge in [-0.05, 0) is 0 Å². The monoisotopic (exact) mass is 389 g/mol. The molecule has 4 heavy (non-hydrogen) atoms. The first-order valence-electron chi connectivity index (χ1n) is 0. The van der Waals surface area contributed by atoms with Crippen molar-refractivity contribution in [2.24, 2.45) is 0 Å². The minimum atomic E-state index is 0. The molecule has 0 bridgehead atoms. The Balaban J connectivity index is 0. The Morgan fingerprint density at radius 2 is 1.00 bits per heavy atom. The summed E-state index contributed by atoms with van der Waals surface area (Å²) in [5.74, 6) is 0. The van der Waals surface area contributed by atoms with Gasteiger partial charge in [0, 0.05) is 109 Å². The van der Waals surface area contributed by atoms with Crippen molar-refractivity contribution in [1.29, 1.82) is 0 Å². The molecule has 0 heterocycles. The second-order valence-electron chi connectivity index (χ2n) is 0. The van der Waals surface area contributed by atoms with Crippen molar-refractivity contribution < 1.29 is 115 Å². The molecular weight excluding hydrogens is 388 g/mol. The van der Waals surface area contributed by atoms with E-state index in [0.717, 1.165) is 0 Å². The van der Waals surface area contributed by atoms with Crippen LogP contribution in [-0.4, -0.2) is 5.48 Å². The van der Waals surface area contributed by atoms with E-state index in [0.29, 0.717) is 0 Å². The molecule has 19 valence electrons. The zero-order valence-electron chi connectivity index (χ0n) is 2.08. The van der Waals surface area contributed by atoms with Gasteiger partial charge in [-0.25, -0.2) is 0 Å². The van der Waals surface area contributed by atoms with Gasteiger partial charge < -0.3 is 5.48 Å². The zero-order chi connectivity index (χ0) is 0. The van der Waals surface area contributed by atoms with Gasteiger partial charge in [-0.3, -0.25) is 0 Å². The Morgan fingerprint density at radius 3 is 1.00 bits per heavy atom. The van der Waals surface area contributed by atoms with Crippen molar-refractivity contribution in [1.82, 2.24) is 0 Å². The van der Waals surface area contributed by atoms with E-state index in [4.69, 9.17) is 0 Å². The van der Waals surface area contributed by atoms with Gasteiger partial charge in [0.1, 0.15) is 0 Å². The Kier molecular flexibility index (Phi) is 102. The van der Waals surface area contributed by atoms with Gasteiger partial charge in [-0.15, -0.1) is 0 Å². The summed E-state index contributed by atoms with van der Waals surface area (Å²) in [7, 11) is 0. The van der Waals surface area contributed by atoms with Crippen LogP contribution in [0.4, 0.5) is 0 Å². The Labute approximate surface area is 111 Å². The molecule has 0 unspecified atom stereocenters. The molecule has 2 N–H and O–H groups in total. The van der Waals surface area contributed by atoms with E-state index in [-0.39, 0.29) is 115 Å². The third kappa shape index (κ3) is 9.13. The minimum absolute atomic E-state index is 0. The van der Waals surface area contributed by atoms with E-state index in [2.05, 4.69) is 0 Å². The number of hydrogen-bond acceptors (Lipinski definition) is 0. The van der Waals surface area contributed by atoms with Crippen LogP contribution in [0, 0.1) is 83.0 Å². The smallest absolute Gasteiger partial charge is 0 e. The molecule has 0 saturated heterocycles. The molecule has 0 aromatic carbocycles. The first kappa shape index (κ1) is 25.6. The summed E-state index contributed by atoms with van der Waals surface area (Å²) in [6.07, 6.45) is 0. The van der Waals surface area contributed by atoms with Crippen molar-refractivity contribution in [3.63, 3.8) is 0 Å². The Morgan fingerprint density at radius 1 is 1.00 bits per heavy atom. The normalized spacial score (nSPS) is 0. The minimum Gasteiger partial charge on any atom is -0.412 e. The van der Waals surface area contributed by atoms with Crippen LogP contribution in [0.1, 0.15) is 0 Å². The largest absolute Gasteiger partial charge is 0.412 e. The van der Waals surface area contributed by atoms with E-state index >= 15 is 0 Å². The molecule has 0 saturated carbocycles. The van der Waals surface area contributed by atoms with Crippen molar-refractivity contribution in [2.75, 3.05) is 0 Å². The summed E-state index contributed by atoms with van der Waals surface area (Å²) >= 11 is 0. The standard InChI is InChI=1S/Ce.H2O.Pr.Zr/h;1H2;;. The maximum Gasteiger partial charge on any atom is 0 e. The van der Waals surface area contributed by atoms with E-state index in [1.54, 1.807) is 0 Å². The number of rotatable bonds is 0. The van der Waals surface area contributed by atoms with Crippen LogP contribution in [-0.2, 0) is 26.2 Å². The first-order chi connectivity index (χ1) is 0. The molecule has 0 atom stereocenters. The van der Waals surface area contributed by atoms with Crippen LogP contribution in [0.2, 0.25) is 0 Å². The fourth-order valence-electron chi connectivity index (χ4n) is 0. The summed E-state index contributed by atoms with van der Waals surface area (Å²) in [5, 5.41) is 0. The zero-order valence-corrected chi connectivity index (χ0v) is 11.4. The predicted octanol–water partition coefficient (Wildman–Crippen LogP) is -0.827. The summed E-state index contributed by atoms with van der Waals surface area (Å²) in [5.41, 5.74) is 0. The molecular formula is H2CeOPrZr. The summed E-state index contributed by atoms with van der Waals surface area (Å²) < 4.78 is 0. The van der Waals surface area contributed by atoms with Crippen LogP contribution in [0.15, 0.2) is 0 Å². The number of hydrogen-bond donors (Lipinski definition) is 0. The topological polar surface area (TPSA) is 31.5 Å². The van der Waals surface area contributed by atoms with Crippen LogP contribution in [0.5, 0.6) is 0 Å². The quantitative estimate of drug-likeness (QED) is 0.518. The molecule has 0 fully saturated rings. The van der Waals surface area contributed by atoms with E-state index in [1.807, 2.05) is 0 Å². The van der Waals surface area contributed by atoms with Gasteiger partial charge in [0.15, 0.2) is 0 Å². The molecule has 0 aromatic heterocycles. The van der Waals surface area contributed by atoms with Gasteiger partial charge >= 0.3 is 0 Å². The summed E-state index contributed by atoms with van der Waals surface area (Å²) in [6.45, 7) is 0. The SMILES string of the molecule is O.[Ce].[Pr].[Zr]. The van der Waals surface area contributed by atoms with Crippen molar-refractivity contribution in [3.8, 4) is 0 Å².